The van der Waals surface area contributed by atoms with Crippen LogP contribution in [-0.4, -0.2) is 86.4 Å². The molecular weight excluding hydrogens is 680 g/mol. The normalized spacial score (nSPS) is 18.7. The van der Waals surface area contributed by atoms with E-state index >= 15 is 0 Å². The highest BCUT2D eigenvalue weighted by atomic mass is 35.5. The summed E-state index contributed by atoms with van der Waals surface area (Å²) in [6, 6.07) is 15.5. The van der Waals surface area contributed by atoms with E-state index < -0.39 is 0 Å². The molecule has 2 heterocycles. The van der Waals surface area contributed by atoms with Crippen LogP contribution >= 0.6 is 11.6 Å². The van der Waals surface area contributed by atoms with Crippen molar-refractivity contribution in [2.24, 2.45) is 11.6 Å². The molecule has 52 heavy (non-hydrogen) atoms. The second-order valence-corrected chi connectivity index (χ2v) is 12.9. The van der Waals surface area contributed by atoms with Gasteiger partial charge in [-0.05, 0) is 42.5 Å². The predicted molar refractivity (Wildman–Crippen MR) is 206 cm³/mol. The number of hydrazine groups is 1. The number of likely N-dealkylation sites (tertiary alicyclic amines) is 1. The zero-order valence-corrected chi connectivity index (χ0v) is 31.0. The van der Waals surface area contributed by atoms with Crippen LogP contribution in [0.4, 0.5) is 0 Å². The Labute approximate surface area is 313 Å². The Hall–Kier alpha value is -4.39. The summed E-state index contributed by atoms with van der Waals surface area (Å²) in [5.41, 5.74) is 12.4. The number of carbonyl (C=O) groups is 2. The predicted octanol–water partition coefficient (Wildman–Crippen LogP) is 5.43. The van der Waals surface area contributed by atoms with Gasteiger partial charge >= 0.3 is 0 Å². The van der Waals surface area contributed by atoms with Crippen molar-refractivity contribution in [2.45, 2.75) is 44.7 Å². The molecule has 280 valence electrons. The molecule has 2 aromatic carbocycles. The zero-order valence-electron chi connectivity index (χ0n) is 30.3. The van der Waals surface area contributed by atoms with Crippen molar-refractivity contribution in [3.8, 4) is 0 Å². The van der Waals surface area contributed by atoms with Gasteiger partial charge in [0.25, 0.3) is 0 Å². The lowest BCUT2D eigenvalue weighted by Gasteiger charge is -2.33. The van der Waals surface area contributed by atoms with Gasteiger partial charge in [-0.25, -0.2) is 5.84 Å². The van der Waals surface area contributed by atoms with Crippen LogP contribution in [-0.2, 0) is 30.3 Å². The SMILES string of the molecule is C=CC1=C(\C=C)N(C(=O)CCC(=C)NC)Cc2ccccc2/C(N(N)CCOCCOCCOCCC(=O)N2CCCC2c2ccccc2Cl)=C\1N. The summed E-state index contributed by atoms with van der Waals surface area (Å²) < 4.78 is 17.2. The summed E-state index contributed by atoms with van der Waals surface area (Å²) in [7, 11) is 1.79. The van der Waals surface area contributed by atoms with Crippen LogP contribution in [0.5, 0.6) is 0 Å². The number of fused-ring (bicyclic) bond motifs is 1. The summed E-state index contributed by atoms with van der Waals surface area (Å²) >= 11 is 6.40. The standard InChI is InChI=1S/C40H53ClN6O5/c1-5-31-35(6-2)46(37(48)18-17-29(3)44-4)28-30-12-7-8-13-32(30)40(39(31)42)47(43)21-23-51-25-27-52-26-24-50-22-19-38(49)45-20-11-16-36(45)33-14-9-10-15-34(33)41/h5-10,12-15,36,44H,1-3,11,16-28,42-43H2,4H3/b35-31-,40-39-. The molecule has 0 radical (unpaired) electrons. The van der Waals surface area contributed by atoms with Gasteiger partial charge in [0.2, 0.25) is 11.8 Å². The number of hydrogen-bond acceptors (Lipinski definition) is 9. The van der Waals surface area contributed by atoms with E-state index in [0.29, 0.717) is 93.3 Å². The second-order valence-electron chi connectivity index (χ2n) is 12.5. The maximum Gasteiger partial charge on any atom is 0.227 e. The van der Waals surface area contributed by atoms with Crippen LogP contribution in [0.25, 0.3) is 5.70 Å². The van der Waals surface area contributed by atoms with Gasteiger partial charge in [-0.15, -0.1) is 0 Å². The molecule has 1 atom stereocenters. The third-order valence-corrected chi connectivity index (χ3v) is 9.56. The first-order chi connectivity index (χ1) is 25.2. The van der Waals surface area contributed by atoms with Gasteiger partial charge in [0, 0.05) is 41.9 Å². The second kappa shape index (κ2) is 20.6. The monoisotopic (exact) mass is 732 g/mol. The fraction of sp³-hybridized carbons (Fsp3) is 0.400. The summed E-state index contributed by atoms with van der Waals surface area (Å²) in [5, 5.41) is 5.26. The first kappa shape index (κ1) is 40.4. The number of carbonyl (C=O) groups excluding carboxylic acids is 2. The minimum absolute atomic E-state index is 0.0203. The summed E-state index contributed by atoms with van der Waals surface area (Å²) in [6.45, 7) is 15.5. The highest BCUT2D eigenvalue weighted by Gasteiger charge is 2.31. The van der Waals surface area contributed by atoms with Gasteiger partial charge < -0.3 is 40.1 Å². The Morgan fingerprint density at radius 1 is 0.942 bits per heavy atom. The number of nitrogens with zero attached hydrogens (tertiary/aromatic N) is 3. The lowest BCUT2D eigenvalue weighted by atomic mass is 9.95. The van der Waals surface area contributed by atoms with Crippen molar-refractivity contribution >= 4 is 29.1 Å². The Bertz CT molecular complexity index is 1640. The molecule has 1 unspecified atom stereocenters. The van der Waals surface area contributed by atoms with E-state index in [-0.39, 0.29) is 24.3 Å². The molecule has 2 amide bonds. The number of allylic oxidation sites excluding steroid dienone is 3. The third-order valence-electron chi connectivity index (χ3n) is 9.21. The highest BCUT2D eigenvalue weighted by molar-refractivity contribution is 6.31. The van der Waals surface area contributed by atoms with Crippen molar-refractivity contribution in [1.29, 1.82) is 0 Å². The lowest BCUT2D eigenvalue weighted by Crippen LogP contribution is -2.38. The molecule has 2 aromatic rings. The van der Waals surface area contributed by atoms with E-state index in [1.165, 1.54) is 0 Å². The van der Waals surface area contributed by atoms with Crippen molar-refractivity contribution in [3.63, 3.8) is 0 Å². The lowest BCUT2D eigenvalue weighted by molar-refractivity contribution is -0.133. The van der Waals surface area contributed by atoms with Crippen molar-refractivity contribution in [2.75, 3.05) is 59.8 Å². The van der Waals surface area contributed by atoms with E-state index in [9.17, 15) is 9.59 Å². The molecule has 12 heteroatoms. The van der Waals surface area contributed by atoms with Crippen molar-refractivity contribution in [1.82, 2.24) is 20.1 Å². The van der Waals surface area contributed by atoms with Gasteiger partial charge in [-0.2, -0.15) is 0 Å². The summed E-state index contributed by atoms with van der Waals surface area (Å²) in [5.74, 6) is 6.63. The van der Waals surface area contributed by atoms with Crippen LogP contribution in [0.3, 0.4) is 0 Å². The van der Waals surface area contributed by atoms with E-state index in [4.69, 9.17) is 37.4 Å². The van der Waals surface area contributed by atoms with Crippen LogP contribution < -0.4 is 16.9 Å². The number of ether oxygens (including phenoxy) is 3. The zero-order chi connectivity index (χ0) is 37.5. The topological polar surface area (TPSA) is 136 Å². The number of amides is 2. The molecule has 1 fully saturated rings. The summed E-state index contributed by atoms with van der Waals surface area (Å²) in [4.78, 5) is 30.0. The van der Waals surface area contributed by atoms with Crippen LogP contribution in [0.15, 0.2) is 103 Å². The average molecular weight is 733 g/mol. The van der Waals surface area contributed by atoms with Crippen LogP contribution in [0.2, 0.25) is 5.02 Å². The molecule has 0 spiro atoms. The van der Waals surface area contributed by atoms with Crippen molar-refractivity contribution < 1.29 is 23.8 Å². The largest absolute Gasteiger partial charge is 0.396 e. The van der Waals surface area contributed by atoms with E-state index in [1.807, 2.05) is 53.4 Å². The molecule has 0 saturated carbocycles. The number of benzene rings is 2. The highest BCUT2D eigenvalue weighted by Crippen LogP contribution is 2.36. The quantitative estimate of drug-likeness (QED) is 0.0926. The molecule has 0 aromatic heterocycles. The molecule has 5 N–H and O–H groups in total. The molecular formula is C40H53ClN6O5. The number of nitrogens with two attached hydrogens (primary N) is 2. The number of nitrogens with one attached hydrogen (secondary N) is 1. The Kier molecular flexibility index (Phi) is 16.0. The third kappa shape index (κ3) is 10.6. The maximum absolute atomic E-state index is 13.5. The molecule has 4 rings (SSSR count). The van der Waals surface area contributed by atoms with Crippen molar-refractivity contribution in [3.05, 3.63) is 125 Å². The molecule has 11 nitrogen and oxygen atoms in total. The molecule has 2 aliphatic heterocycles. The molecule has 2 aliphatic rings. The minimum Gasteiger partial charge on any atom is -0.396 e. The average Bonchev–Trinajstić information content (AvgIpc) is 3.64. The Balaban J connectivity index is 1.22. The van der Waals surface area contributed by atoms with Gasteiger partial charge in [0.05, 0.1) is 82.3 Å². The summed E-state index contributed by atoms with van der Waals surface area (Å²) in [6.07, 6.45) is 6.21. The first-order valence-corrected chi connectivity index (χ1v) is 18.1. The van der Waals surface area contributed by atoms with E-state index in [2.05, 4.69) is 25.1 Å². The maximum atomic E-state index is 13.5. The molecule has 1 saturated heterocycles. The molecule has 0 bridgehead atoms. The fourth-order valence-corrected chi connectivity index (χ4v) is 6.70. The Morgan fingerprint density at radius 2 is 1.62 bits per heavy atom. The van der Waals surface area contributed by atoms with Gasteiger partial charge in [-0.1, -0.05) is 79.9 Å². The Morgan fingerprint density at radius 3 is 2.31 bits per heavy atom. The van der Waals surface area contributed by atoms with Crippen LogP contribution in [0.1, 0.15) is 54.8 Å². The number of rotatable bonds is 20. The fourth-order valence-electron chi connectivity index (χ4n) is 6.44. The smallest absolute Gasteiger partial charge is 0.227 e. The first-order valence-electron chi connectivity index (χ1n) is 17.7. The van der Waals surface area contributed by atoms with Gasteiger partial charge in [-0.3, -0.25) is 9.59 Å². The minimum atomic E-state index is -0.0839. The van der Waals surface area contributed by atoms with Gasteiger partial charge in [0.1, 0.15) is 0 Å². The molecule has 0 aliphatic carbocycles. The van der Waals surface area contributed by atoms with E-state index in [0.717, 1.165) is 41.8 Å². The van der Waals surface area contributed by atoms with Crippen LogP contribution in [0, 0.1) is 0 Å². The number of halogens is 1. The van der Waals surface area contributed by atoms with Gasteiger partial charge in [0.15, 0.2) is 0 Å². The van der Waals surface area contributed by atoms with E-state index in [1.54, 1.807) is 29.1 Å². The number of hydrogen-bond donors (Lipinski definition) is 3.